The summed E-state index contributed by atoms with van der Waals surface area (Å²) in [5.41, 5.74) is 8.94. The predicted molar refractivity (Wildman–Crippen MR) is 97.1 cm³/mol. The van der Waals surface area contributed by atoms with E-state index in [1.54, 1.807) is 12.1 Å². The summed E-state index contributed by atoms with van der Waals surface area (Å²) in [4.78, 5) is 15.1. The Morgan fingerprint density at radius 1 is 1.15 bits per heavy atom. The summed E-state index contributed by atoms with van der Waals surface area (Å²) >= 11 is 0. The van der Waals surface area contributed by atoms with E-state index in [1.807, 2.05) is 17.0 Å². The lowest BCUT2D eigenvalue weighted by Crippen LogP contribution is -2.45. The van der Waals surface area contributed by atoms with Gasteiger partial charge in [-0.1, -0.05) is 36.4 Å². The molecule has 1 amide bonds. The van der Waals surface area contributed by atoms with Crippen LogP contribution in [0.5, 0.6) is 0 Å². The maximum absolute atomic E-state index is 13.4. The SMILES string of the molecule is NC[C@@H]1CC[C@H](C(=O)N2CCc3ccccc3[C@@H]2c2ccc(F)cc2)O1. The summed E-state index contributed by atoms with van der Waals surface area (Å²) in [6, 6.07) is 14.4. The number of hydrogen-bond donors (Lipinski definition) is 1. The van der Waals surface area contributed by atoms with Crippen LogP contribution < -0.4 is 5.73 Å². The fourth-order valence-electron chi connectivity index (χ4n) is 4.05. The Labute approximate surface area is 152 Å². The van der Waals surface area contributed by atoms with Gasteiger partial charge in [-0.3, -0.25) is 4.79 Å². The third-order valence-corrected chi connectivity index (χ3v) is 5.40. The summed E-state index contributed by atoms with van der Waals surface area (Å²) in [5.74, 6) is -0.273. The normalized spacial score (nSPS) is 25.2. The van der Waals surface area contributed by atoms with Gasteiger partial charge < -0.3 is 15.4 Å². The Morgan fingerprint density at radius 2 is 1.92 bits per heavy atom. The molecular formula is C21H23FN2O2. The van der Waals surface area contributed by atoms with Gasteiger partial charge >= 0.3 is 0 Å². The van der Waals surface area contributed by atoms with E-state index in [0.29, 0.717) is 19.5 Å². The van der Waals surface area contributed by atoms with E-state index in [9.17, 15) is 9.18 Å². The first-order valence-electron chi connectivity index (χ1n) is 9.16. The van der Waals surface area contributed by atoms with Crippen LogP contribution in [0.3, 0.4) is 0 Å². The lowest BCUT2D eigenvalue weighted by Gasteiger charge is -2.39. The van der Waals surface area contributed by atoms with Crippen molar-refractivity contribution in [3.8, 4) is 0 Å². The second-order valence-corrected chi connectivity index (χ2v) is 6.99. The maximum Gasteiger partial charge on any atom is 0.252 e. The van der Waals surface area contributed by atoms with Crippen LogP contribution in [0.4, 0.5) is 4.39 Å². The molecule has 0 aliphatic carbocycles. The van der Waals surface area contributed by atoms with Crippen molar-refractivity contribution in [2.75, 3.05) is 13.1 Å². The van der Waals surface area contributed by atoms with Crippen molar-refractivity contribution in [2.45, 2.75) is 37.5 Å². The van der Waals surface area contributed by atoms with E-state index in [1.165, 1.54) is 17.7 Å². The van der Waals surface area contributed by atoms with Crippen molar-refractivity contribution in [1.82, 2.24) is 4.90 Å². The monoisotopic (exact) mass is 354 g/mol. The molecule has 0 spiro atoms. The van der Waals surface area contributed by atoms with Crippen LogP contribution in [0.2, 0.25) is 0 Å². The van der Waals surface area contributed by atoms with Crippen molar-refractivity contribution < 1.29 is 13.9 Å². The first kappa shape index (κ1) is 17.2. The minimum Gasteiger partial charge on any atom is -0.364 e. The molecule has 2 aliphatic heterocycles. The number of hydrogen-bond acceptors (Lipinski definition) is 3. The summed E-state index contributed by atoms with van der Waals surface area (Å²) in [5, 5.41) is 0. The number of rotatable bonds is 3. The van der Waals surface area contributed by atoms with Gasteiger partial charge in [0.2, 0.25) is 0 Å². The van der Waals surface area contributed by atoms with E-state index in [2.05, 4.69) is 12.1 Å². The van der Waals surface area contributed by atoms with Gasteiger partial charge in [-0.15, -0.1) is 0 Å². The molecule has 2 N–H and O–H groups in total. The highest BCUT2D eigenvalue weighted by molar-refractivity contribution is 5.82. The number of nitrogens with zero attached hydrogens (tertiary/aromatic N) is 1. The van der Waals surface area contributed by atoms with Gasteiger partial charge in [-0.25, -0.2) is 4.39 Å². The summed E-state index contributed by atoms with van der Waals surface area (Å²) < 4.78 is 19.3. The topological polar surface area (TPSA) is 55.6 Å². The second-order valence-electron chi connectivity index (χ2n) is 6.99. The molecule has 26 heavy (non-hydrogen) atoms. The largest absolute Gasteiger partial charge is 0.364 e. The molecule has 2 aromatic rings. The Bertz CT molecular complexity index is 793. The molecule has 136 valence electrons. The van der Waals surface area contributed by atoms with Crippen LogP contribution in [0.1, 0.15) is 35.6 Å². The molecule has 0 bridgehead atoms. The summed E-state index contributed by atoms with van der Waals surface area (Å²) in [6.07, 6.45) is 1.86. The molecule has 0 unspecified atom stereocenters. The van der Waals surface area contributed by atoms with Gasteiger partial charge in [0.25, 0.3) is 5.91 Å². The molecule has 0 radical (unpaired) electrons. The number of carbonyl (C=O) groups excluding carboxylic acids is 1. The van der Waals surface area contributed by atoms with Crippen molar-refractivity contribution in [3.63, 3.8) is 0 Å². The fourth-order valence-corrected chi connectivity index (χ4v) is 4.05. The molecule has 1 fully saturated rings. The average molecular weight is 354 g/mol. The summed E-state index contributed by atoms with van der Waals surface area (Å²) in [7, 11) is 0. The third-order valence-electron chi connectivity index (χ3n) is 5.40. The highest BCUT2D eigenvalue weighted by Crippen LogP contribution is 2.36. The molecule has 0 saturated carbocycles. The predicted octanol–water partition coefficient (Wildman–Crippen LogP) is 2.81. The minimum atomic E-state index is -0.434. The fraction of sp³-hybridized carbons (Fsp3) is 0.381. The van der Waals surface area contributed by atoms with Crippen LogP contribution in [-0.2, 0) is 16.0 Å². The van der Waals surface area contributed by atoms with Crippen LogP contribution >= 0.6 is 0 Å². The smallest absolute Gasteiger partial charge is 0.252 e. The zero-order chi connectivity index (χ0) is 18.1. The number of benzene rings is 2. The third kappa shape index (κ3) is 3.13. The van der Waals surface area contributed by atoms with E-state index >= 15 is 0 Å². The van der Waals surface area contributed by atoms with Crippen molar-refractivity contribution in [1.29, 1.82) is 0 Å². The molecule has 4 rings (SSSR count). The van der Waals surface area contributed by atoms with Gasteiger partial charge in [0.05, 0.1) is 12.1 Å². The number of amides is 1. The Hall–Kier alpha value is -2.24. The molecule has 5 heteroatoms. The zero-order valence-electron chi connectivity index (χ0n) is 14.6. The van der Waals surface area contributed by atoms with Gasteiger partial charge in [-0.05, 0) is 48.1 Å². The number of fused-ring (bicyclic) bond motifs is 1. The van der Waals surface area contributed by atoms with Gasteiger partial charge in [0.15, 0.2) is 0 Å². The van der Waals surface area contributed by atoms with Gasteiger partial charge in [0.1, 0.15) is 11.9 Å². The minimum absolute atomic E-state index is 0.00442. The van der Waals surface area contributed by atoms with Gasteiger partial charge in [-0.2, -0.15) is 0 Å². The van der Waals surface area contributed by atoms with Crippen LogP contribution in [0.25, 0.3) is 0 Å². The van der Waals surface area contributed by atoms with Crippen molar-refractivity contribution in [3.05, 3.63) is 71.0 Å². The number of carbonyl (C=O) groups is 1. The zero-order valence-corrected chi connectivity index (χ0v) is 14.6. The molecule has 0 aromatic heterocycles. The number of ether oxygens (including phenoxy) is 1. The number of nitrogens with two attached hydrogens (primary N) is 1. The van der Waals surface area contributed by atoms with E-state index in [4.69, 9.17) is 10.5 Å². The quantitative estimate of drug-likeness (QED) is 0.922. The molecule has 1 saturated heterocycles. The van der Waals surface area contributed by atoms with Crippen LogP contribution in [-0.4, -0.2) is 36.1 Å². The molecule has 2 aliphatic rings. The Balaban J connectivity index is 1.69. The van der Waals surface area contributed by atoms with Crippen LogP contribution in [0.15, 0.2) is 48.5 Å². The second kappa shape index (κ2) is 7.17. The average Bonchev–Trinajstić information content (AvgIpc) is 3.16. The standard InChI is InChI=1S/C21H23FN2O2/c22-16-7-5-15(6-8-16)20-18-4-2-1-3-14(18)11-12-24(20)21(25)19-10-9-17(13-23)26-19/h1-8,17,19-20H,9-13,23H2/t17-,19+,20-/m0/s1. The highest BCUT2D eigenvalue weighted by atomic mass is 19.1. The van der Waals surface area contributed by atoms with Crippen molar-refractivity contribution >= 4 is 5.91 Å². The number of halogens is 1. The molecule has 4 nitrogen and oxygen atoms in total. The van der Waals surface area contributed by atoms with Crippen molar-refractivity contribution in [2.24, 2.45) is 5.73 Å². The highest BCUT2D eigenvalue weighted by Gasteiger charge is 2.38. The first-order valence-corrected chi connectivity index (χ1v) is 9.16. The molecular weight excluding hydrogens is 331 g/mol. The van der Waals surface area contributed by atoms with Crippen LogP contribution in [0, 0.1) is 5.82 Å². The van der Waals surface area contributed by atoms with Gasteiger partial charge in [0, 0.05) is 13.1 Å². The molecule has 2 heterocycles. The van der Waals surface area contributed by atoms with E-state index < -0.39 is 6.10 Å². The maximum atomic E-state index is 13.4. The Morgan fingerprint density at radius 3 is 2.65 bits per heavy atom. The lowest BCUT2D eigenvalue weighted by molar-refractivity contribution is -0.145. The Kier molecular flexibility index (Phi) is 4.74. The first-order chi connectivity index (χ1) is 12.7. The van der Waals surface area contributed by atoms with E-state index in [0.717, 1.165) is 24.0 Å². The molecule has 2 aromatic carbocycles. The molecule has 3 atom stereocenters. The lowest BCUT2D eigenvalue weighted by atomic mass is 9.87. The van der Waals surface area contributed by atoms with E-state index in [-0.39, 0.29) is 23.9 Å². The summed E-state index contributed by atoms with van der Waals surface area (Å²) in [6.45, 7) is 1.07.